The van der Waals surface area contributed by atoms with Crippen molar-refractivity contribution in [1.29, 1.82) is 0 Å². The Morgan fingerprint density at radius 3 is 2.94 bits per heavy atom. The second kappa shape index (κ2) is 5.28. The van der Waals surface area contributed by atoms with Crippen LogP contribution in [0.25, 0.3) is 0 Å². The van der Waals surface area contributed by atoms with E-state index < -0.39 is 5.54 Å². The average Bonchev–Trinajstić information content (AvgIpc) is 3.00. The van der Waals surface area contributed by atoms with E-state index in [2.05, 4.69) is 10.4 Å². The minimum Gasteiger partial charge on any atom is -0.368 e. The zero-order valence-corrected chi connectivity index (χ0v) is 11.3. The van der Waals surface area contributed by atoms with Gasteiger partial charge < -0.3 is 11.1 Å². The van der Waals surface area contributed by atoms with Gasteiger partial charge in [0.25, 0.3) is 0 Å². The second-order valence-electron chi connectivity index (χ2n) is 5.14. The minimum absolute atomic E-state index is 0.284. The molecule has 0 spiro atoms. The number of rotatable bonds is 7. The molecule has 1 unspecified atom stereocenters. The lowest BCUT2D eigenvalue weighted by molar-refractivity contribution is -0.124. The molecule has 0 saturated heterocycles. The summed E-state index contributed by atoms with van der Waals surface area (Å²) >= 11 is 5.79. The van der Waals surface area contributed by atoms with Crippen molar-refractivity contribution in [3.8, 4) is 0 Å². The summed E-state index contributed by atoms with van der Waals surface area (Å²) in [5.41, 5.74) is 4.87. The summed E-state index contributed by atoms with van der Waals surface area (Å²) < 4.78 is 1.78. The van der Waals surface area contributed by atoms with E-state index in [1.54, 1.807) is 17.1 Å². The van der Waals surface area contributed by atoms with E-state index in [-0.39, 0.29) is 5.91 Å². The Morgan fingerprint density at radius 2 is 2.44 bits per heavy atom. The van der Waals surface area contributed by atoms with Crippen molar-refractivity contribution in [1.82, 2.24) is 15.1 Å². The molecule has 6 heteroatoms. The topological polar surface area (TPSA) is 72.9 Å². The van der Waals surface area contributed by atoms with E-state index in [0.29, 0.717) is 17.5 Å². The fourth-order valence-corrected chi connectivity index (χ4v) is 2.16. The molecule has 0 aromatic carbocycles. The number of nitrogens with zero attached hydrogens (tertiary/aromatic N) is 2. The van der Waals surface area contributed by atoms with Gasteiger partial charge in [0.15, 0.2) is 0 Å². The van der Waals surface area contributed by atoms with Crippen molar-refractivity contribution < 1.29 is 4.79 Å². The van der Waals surface area contributed by atoms with Gasteiger partial charge in [-0.2, -0.15) is 5.10 Å². The molecular weight excluding hydrogens is 252 g/mol. The van der Waals surface area contributed by atoms with E-state index in [1.807, 2.05) is 6.92 Å². The van der Waals surface area contributed by atoms with Crippen LogP contribution in [0.2, 0.25) is 5.02 Å². The fourth-order valence-electron chi connectivity index (χ4n) is 2.00. The SMILES string of the molecule is CC(CCCn1cc(Cl)cn1)(NC1CC1)C(N)=O. The molecule has 1 saturated carbocycles. The molecule has 1 atom stereocenters. The summed E-state index contributed by atoms with van der Waals surface area (Å²) in [4.78, 5) is 11.5. The Kier molecular flexibility index (Phi) is 3.92. The number of nitrogens with one attached hydrogen (secondary N) is 1. The average molecular weight is 271 g/mol. The lowest BCUT2D eigenvalue weighted by atomic mass is 9.94. The smallest absolute Gasteiger partial charge is 0.237 e. The van der Waals surface area contributed by atoms with Crippen molar-refractivity contribution in [2.45, 2.75) is 50.7 Å². The van der Waals surface area contributed by atoms with Gasteiger partial charge in [-0.1, -0.05) is 11.6 Å². The molecule has 1 aromatic rings. The summed E-state index contributed by atoms with van der Waals surface area (Å²) in [5, 5.41) is 8.06. The highest BCUT2D eigenvalue weighted by Crippen LogP contribution is 2.24. The van der Waals surface area contributed by atoms with Crippen LogP contribution in [0.4, 0.5) is 0 Å². The molecule has 5 nitrogen and oxygen atoms in total. The molecule has 1 amide bonds. The molecule has 1 aromatic heterocycles. The highest BCUT2D eigenvalue weighted by Gasteiger charge is 2.36. The van der Waals surface area contributed by atoms with Gasteiger partial charge in [0.05, 0.1) is 16.8 Å². The third-order valence-electron chi connectivity index (χ3n) is 3.31. The number of aryl methyl sites for hydroxylation is 1. The zero-order valence-electron chi connectivity index (χ0n) is 10.5. The number of halogens is 1. The number of hydrogen-bond acceptors (Lipinski definition) is 3. The Bertz CT molecular complexity index is 429. The minimum atomic E-state index is -0.613. The summed E-state index contributed by atoms with van der Waals surface area (Å²) in [6.45, 7) is 2.62. The first kappa shape index (κ1) is 13.4. The summed E-state index contributed by atoms with van der Waals surface area (Å²) in [6.07, 6.45) is 7.19. The maximum Gasteiger partial charge on any atom is 0.237 e. The van der Waals surface area contributed by atoms with Crippen LogP contribution >= 0.6 is 11.6 Å². The quantitative estimate of drug-likeness (QED) is 0.785. The summed E-state index contributed by atoms with van der Waals surface area (Å²) in [6, 6.07) is 0.460. The second-order valence-corrected chi connectivity index (χ2v) is 5.58. The Labute approximate surface area is 112 Å². The predicted molar refractivity (Wildman–Crippen MR) is 70.2 cm³/mol. The number of carbonyl (C=O) groups excluding carboxylic acids is 1. The maximum absolute atomic E-state index is 11.5. The molecular formula is C12H19ClN4O. The Morgan fingerprint density at radius 1 is 1.72 bits per heavy atom. The van der Waals surface area contributed by atoms with Crippen LogP contribution < -0.4 is 11.1 Å². The predicted octanol–water partition coefficient (Wildman–Crippen LogP) is 1.31. The molecule has 100 valence electrons. The first-order valence-corrected chi connectivity index (χ1v) is 6.63. The first-order chi connectivity index (χ1) is 8.49. The van der Waals surface area contributed by atoms with Crippen LogP contribution in [-0.4, -0.2) is 27.3 Å². The van der Waals surface area contributed by atoms with Crippen molar-refractivity contribution in [2.24, 2.45) is 5.73 Å². The van der Waals surface area contributed by atoms with Gasteiger partial charge in [0.2, 0.25) is 5.91 Å². The van der Waals surface area contributed by atoms with Gasteiger partial charge in [0.1, 0.15) is 0 Å². The molecule has 18 heavy (non-hydrogen) atoms. The Hall–Kier alpha value is -1.07. The zero-order chi connectivity index (χ0) is 13.2. The van der Waals surface area contributed by atoms with Gasteiger partial charge in [0, 0.05) is 18.8 Å². The van der Waals surface area contributed by atoms with E-state index in [9.17, 15) is 4.79 Å². The number of carbonyl (C=O) groups is 1. The van der Waals surface area contributed by atoms with Crippen molar-refractivity contribution in [2.75, 3.05) is 0 Å². The molecule has 1 aliphatic rings. The van der Waals surface area contributed by atoms with Gasteiger partial charge in [-0.15, -0.1) is 0 Å². The van der Waals surface area contributed by atoms with Gasteiger partial charge in [-0.05, 0) is 32.6 Å². The van der Waals surface area contributed by atoms with Gasteiger partial charge >= 0.3 is 0 Å². The Balaban J connectivity index is 1.83. The number of aromatic nitrogens is 2. The molecule has 2 rings (SSSR count). The van der Waals surface area contributed by atoms with E-state index in [1.165, 1.54) is 0 Å². The van der Waals surface area contributed by atoms with E-state index >= 15 is 0 Å². The highest BCUT2D eigenvalue weighted by atomic mass is 35.5. The van der Waals surface area contributed by atoms with E-state index in [4.69, 9.17) is 17.3 Å². The number of nitrogens with two attached hydrogens (primary N) is 1. The van der Waals surface area contributed by atoms with E-state index in [0.717, 1.165) is 25.8 Å². The largest absolute Gasteiger partial charge is 0.368 e. The molecule has 0 radical (unpaired) electrons. The third kappa shape index (κ3) is 3.46. The number of primary amides is 1. The molecule has 1 heterocycles. The lowest BCUT2D eigenvalue weighted by Crippen LogP contribution is -2.54. The van der Waals surface area contributed by atoms with Crippen LogP contribution in [0.5, 0.6) is 0 Å². The molecule has 0 aliphatic heterocycles. The normalized spacial score (nSPS) is 18.6. The highest BCUT2D eigenvalue weighted by molar-refractivity contribution is 6.30. The monoisotopic (exact) mass is 270 g/mol. The third-order valence-corrected chi connectivity index (χ3v) is 3.50. The van der Waals surface area contributed by atoms with Crippen LogP contribution in [0.15, 0.2) is 12.4 Å². The van der Waals surface area contributed by atoms with Gasteiger partial charge in [-0.3, -0.25) is 9.48 Å². The summed E-state index contributed by atoms with van der Waals surface area (Å²) in [5.74, 6) is -0.284. The van der Waals surface area contributed by atoms with Gasteiger partial charge in [-0.25, -0.2) is 0 Å². The van der Waals surface area contributed by atoms with Crippen molar-refractivity contribution >= 4 is 17.5 Å². The van der Waals surface area contributed by atoms with Crippen LogP contribution in [0, 0.1) is 0 Å². The maximum atomic E-state index is 11.5. The molecule has 0 bridgehead atoms. The van der Waals surface area contributed by atoms with Crippen LogP contribution in [0.1, 0.15) is 32.6 Å². The lowest BCUT2D eigenvalue weighted by Gasteiger charge is -2.27. The van der Waals surface area contributed by atoms with Crippen LogP contribution in [0.3, 0.4) is 0 Å². The molecule has 1 aliphatic carbocycles. The standard InChI is InChI=1S/C12H19ClN4O/c1-12(11(14)18,16-10-3-4-10)5-2-6-17-8-9(13)7-15-17/h7-8,10,16H,2-6H2,1H3,(H2,14,18). The first-order valence-electron chi connectivity index (χ1n) is 6.25. The molecule has 3 N–H and O–H groups in total. The number of hydrogen-bond donors (Lipinski definition) is 2. The summed E-state index contributed by atoms with van der Waals surface area (Å²) in [7, 11) is 0. The van der Waals surface area contributed by atoms with Crippen molar-refractivity contribution in [3.63, 3.8) is 0 Å². The fraction of sp³-hybridized carbons (Fsp3) is 0.667. The molecule has 1 fully saturated rings. The van der Waals surface area contributed by atoms with Crippen molar-refractivity contribution in [3.05, 3.63) is 17.4 Å². The van der Waals surface area contributed by atoms with Crippen LogP contribution in [-0.2, 0) is 11.3 Å². The number of amides is 1.